The molecule has 1 amide bonds. The van der Waals surface area contributed by atoms with Gasteiger partial charge in [0.1, 0.15) is 0 Å². The number of nitro groups is 1. The highest BCUT2D eigenvalue weighted by Gasteiger charge is 2.18. The standard InChI is InChI=1S/C16H19BrN4O3/c1-9-7-13(21(23)24)5-6-14(9)18-16(22)10(2)8-20-12(4)15(17)11(3)19-20/h5-7,10H,8H2,1-4H3,(H,18,22). The lowest BCUT2D eigenvalue weighted by Gasteiger charge is -2.14. The normalized spacial score (nSPS) is 12.0. The van der Waals surface area contributed by atoms with Crippen molar-refractivity contribution >= 4 is 33.2 Å². The van der Waals surface area contributed by atoms with Gasteiger partial charge in [0.25, 0.3) is 5.69 Å². The minimum atomic E-state index is -0.456. The summed E-state index contributed by atoms with van der Waals surface area (Å²) in [6, 6.07) is 4.38. The number of non-ortho nitro benzene ring substituents is 1. The lowest BCUT2D eigenvalue weighted by molar-refractivity contribution is -0.384. The number of carbonyl (C=O) groups is 1. The molecule has 128 valence electrons. The zero-order valence-electron chi connectivity index (χ0n) is 14.0. The fourth-order valence-corrected chi connectivity index (χ4v) is 2.64. The van der Waals surface area contributed by atoms with E-state index in [1.807, 2.05) is 20.8 Å². The Morgan fingerprint density at radius 2 is 2.08 bits per heavy atom. The number of hydrogen-bond acceptors (Lipinski definition) is 4. The van der Waals surface area contributed by atoms with Crippen LogP contribution in [-0.2, 0) is 11.3 Å². The molecule has 8 heteroatoms. The Hall–Kier alpha value is -2.22. The molecule has 1 unspecified atom stereocenters. The quantitative estimate of drug-likeness (QED) is 0.617. The molecular formula is C16H19BrN4O3. The molecule has 0 spiro atoms. The molecule has 0 aliphatic rings. The van der Waals surface area contributed by atoms with E-state index in [4.69, 9.17) is 0 Å². The van der Waals surface area contributed by atoms with Crippen molar-refractivity contribution in [2.75, 3.05) is 5.32 Å². The Morgan fingerprint density at radius 1 is 1.42 bits per heavy atom. The maximum absolute atomic E-state index is 12.4. The second kappa shape index (κ2) is 7.12. The molecule has 1 aromatic carbocycles. The molecule has 2 rings (SSSR count). The minimum Gasteiger partial charge on any atom is -0.326 e. The van der Waals surface area contributed by atoms with E-state index >= 15 is 0 Å². The molecule has 24 heavy (non-hydrogen) atoms. The number of aromatic nitrogens is 2. The van der Waals surface area contributed by atoms with Crippen LogP contribution in [0, 0.1) is 36.8 Å². The fraction of sp³-hybridized carbons (Fsp3) is 0.375. The summed E-state index contributed by atoms with van der Waals surface area (Å²) in [5.41, 5.74) is 3.08. The van der Waals surface area contributed by atoms with Gasteiger partial charge in [0, 0.05) is 23.5 Å². The van der Waals surface area contributed by atoms with Crippen LogP contribution in [0.5, 0.6) is 0 Å². The summed E-state index contributed by atoms with van der Waals surface area (Å²) in [5, 5.41) is 18.0. The van der Waals surface area contributed by atoms with E-state index in [9.17, 15) is 14.9 Å². The fourth-order valence-electron chi connectivity index (χ4n) is 2.35. The Bertz CT molecular complexity index is 801. The summed E-state index contributed by atoms with van der Waals surface area (Å²) in [6.45, 7) is 7.84. The van der Waals surface area contributed by atoms with Crippen LogP contribution in [0.3, 0.4) is 0 Å². The van der Waals surface area contributed by atoms with Crippen molar-refractivity contribution in [3.05, 3.63) is 49.7 Å². The molecule has 1 aromatic heterocycles. The maximum atomic E-state index is 12.4. The molecule has 2 aromatic rings. The third-order valence-corrected chi connectivity index (χ3v) is 5.01. The summed E-state index contributed by atoms with van der Waals surface area (Å²) in [7, 11) is 0. The number of amides is 1. The van der Waals surface area contributed by atoms with Crippen LogP contribution in [0.2, 0.25) is 0 Å². The molecule has 0 aliphatic heterocycles. The number of anilines is 1. The molecule has 0 saturated heterocycles. The number of aryl methyl sites for hydroxylation is 2. The monoisotopic (exact) mass is 394 g/mol. The number of halogens is 1. The SMILES string of the molecule is Cc1cc([N+](=O)[O-])ccc1NC(=O)C(C)Cn1nc(C)c(Br)c1C. The van der Waals surface area contributed by atoms with E-state index in [1.54, 1.807) is 17.7 Å². The van der Waals surface area contributed by atoms with Gasteiger partial charge in [-0.3, -0.25) is 19.6 Å². The number of nitrogens with zero attached hydrogens (tertiary/aromatic N) is 3. The number of hydrogen-bond donors (Lipinski definition) is 1. The number of carbonyl (C=O) groups excluding carboxylic acids is 1. The topological polar surface area (TPSA) is 90.1 Å². The Balaban J connectivity index is 2.09. The number of benzene rings is 1. The first-order valence-corrected chi connectivity index (χ1v) is 8.25. The molecule has 0 saturated carbocycles. The van der Waals surface area contributed by atoms with E-state index < -0.39 is 4.92 Å². The van der Waals surface area contributed by atoms with Crippen LogP contribution in [0.25, 0.3) is 0 Å². The summed E-state index contributed by atoms with van der Waals surface area (Å²) in [4.78, 5) is 22.7. The largest absolute Gasteiger partial charge is 0.326 e. The van der Waals surface area contributed by atoms with Gasteiger partial charge in [0.15, 0.2) is 0 Å². The number of nitrogens with one attached hydrogen (secondary N) is 1. The van der Waals surface area contributed by atoms with E-state index in [-0.39, 0.29) is 17.5 Å². The molecule has 1 N–H and O–H groups in total. The van der Waals surface area contributed by atoms with Gasteiger partial charge >= 0.3 is 0 Å². The molecule has 0 aliphatic carbocycles. The first-order valence-electron chi connectivity index (χ1n) is 7.46. The highest BCUT2D eigenvalue weighted by molar-refractivity contribution is 9.10. The van der Waals surface area contributed by atoms with Gasteiger partial charge in [-0.1, -0.05) is 6.92 Å². The van der Waals surface area contributed by atoms with Crippen molar-refractivity contribution in [2.24, 2.45) is 5.92 Å². The third-order valence-electron chi connectivity index (χ3n) is 3.87. The van der Waals surface area contributed by atoms with E-state index in [2.05, 4.69) is 26.3 Å². The van der Waals surface area contributed by atoms with Crippen molar-refractivity contribution in [3.63, 3.8) is 0 Å². The zero-order chi connectivity index (χ0) is 18.0. The van der Waals surface area contributed by atoms with Crippen molar-refractivity contribution in [1.29, 1.82) is 0 Å². The first kappa shape index (κ1) is 18.1. The lowest BCUT2D eigenvalue weighted by Crippen LogP contribution is -2.25. The van der Waals surface area contributed by atoms with Crippen molar-refractivity contribution in [1.82, 2.24) is 9.78 Å². The summed E-state index contributed by atoms with van der Waals surface area (Å²) < 4.78 is 2.74. The lowest BCUT2D eigenvalue weighted by atomic mass is 10.1. The van der Waals surface area contributed by atoms with E-state index in [0.29, 0.717) is 17.8 Å². The van der Waals surface area contributed by atoms with Crippen LogP contribution in [-0.4, -0.2) is 20.6 Å². The van der Waals surface area contributed by atoms with E-state index in [0.717, 1.165) is 15.9 Å². The van der Waals surface area contributed by atoms with Gasteiger partial charge in [-0.2, -0.15) is 5.10 Å². The van der Waals surface area contributed by atoms with Gasteiger partial charge in [0.05, 0.1) is 27.6 Å². The average molecular weight is 395 g/mol. The second-order valence-corrected chi connectivity index (χ2v) is 6.61. The Morgan fingerprint density at radius 3 is 2.58 bits per heavy atom. The minimum absolute atomic E-state index is 0.00559. The summed E-state index contributed by atoms with van der Waals surface area (Å²) in [5.74, 6) is -0.458. The molecule has 0 fully saturated rings. The number of nitro benzene ring substituents is 1. The predicted molar refractivity (Wildman–Crippen MR) is 95.0 cm³/mol. The first-order chi connectivity index (χ1) is 11.2. The molecule has 0 radical (unpaired) electrons. The van der Waals surface area contributed by atoms with Gasteiger partial charge in [-0.15, -0.1) is 0 Å². The highest BCUT2D eigenvalue weighted by atomic mass is 79.9. The predicted octanol–water partition coefficient (Wildman–Crippen LogP) is 3.75. The molecular weight excluding hydrogens is 376 g/mol. The average Bonchev–Trinajstić information content (AvgIpc) is 2.76. The van der Waals surface area contributed by atoms with Crippen LogP contribution in [0.4, 0.5) is 11.4 Å². The molecule has 0 bridgehead atoms. The molecule has 1 atom stereocenters. The van der Waals surface area contributed by atoms with Crippen LogP contribution < -0.4 is 5.32 Å². The zero-order valence-corrected chi connectivity index (χ0v) is 15.5. The van der Waals surface area contributed by atoms with Gasteiger partial charge in [-0.25, -0.2) is 0 Å². The highest BCUT2D eigenvalue weighted by Crippen LogP contribution is 2.23. The van der Waals surface area contributed by atoms with Crippen molar-refractivity contribution in [3.8, 4) is 0 Å². The van der Waals surface area contributed by atoms with Crippen molar-refractivity contribution in [2.45, 2.75) is 34.2 Å². The number of rotatable bonds is 5. The van der Waals surface area contributed by atoms with Crippen molar-refractivity contribution < 1.29 is 9.72 Å². The molecule has 1 heterocycles. The van der Waals surface area contributed by atoms with Gasteiger partial charge < -0.3 is 5.32 Å². The van der Waals surface area contributed by atoms with Crippen LogP contribution in [0.15, 0.2) is 22.7 Å². The van der Waals surface area contributed by atoms with Crippen LogP contribution in [0.1, 0.15) is 23.9 Å². The van der Waals surface area contributed by atoms with E-state index in [1.165, 1.54) is 12.1 Å². The van der Waals surface area contributed by atoms with Gasteiger partial charge in [0.2, 0.25) is 5.91 Å². The maximum Gasteiger partial charge on any atom is 0.269 e. The summed E-state index contributed by atoms with van der Waals surface area (Å²) >= 11 is 3.47. The van der Waals surface area contributed by atoms with Gasteiger partial charge in [-0.05, 0) is 48.3 Å². The van der Waals surface area contributed by atoms with Crippen LogP contribution >= 0.6 is 15.9 Å². The molecule has 7 nitrogen and oxygen atoms in total. The Labute approximate surface area is 148 Å². The summed E-state index contributed by atoms with van der Waals surface area (Å²) in [6.07, 6.45) is 0. The third kappa shape index (κ3) is 3.81. The second-order valence-electron chi connectivity index (χ2n) is 5.81. The smallest absolute Gasteiger partial charge is 0.269 e. The Kier molecular flexibility index (Phi) is 5.38.